The van der Waals surface area contributed by atoms with Crippen LogP contribution in [0.4, 0.5) is 0 Å². The minimum Gasteiger partial charge on any atom is -0.481 e. The summed E-state index contributed by atoms with van der Waals surface area (Å²) in [4.78, 5) is 22.3. The normalized spacial score (nSPS) is 40.8. The van der Waals surface area contributed by atoms with Gasteiger partial charge in [0.15, 0.2) is 0 Å². The fraction of sp³-hybridized carbons (Fsp3) is 0.800. The van der Waals surface area contributed by atoms with Gasteiger partial charge in [0.1, 0.15) is 0 Å². The number of nitrogens with one attached hydrogen (secondary N) is 1. The molecule has 4 nitrogen and oxygen atoms in total. The highest BCUT2D eigenvalue weighted by Gasteiger charge is 2.48. The van der Waals surface area contributed by atoms with E-state index in [0.717, 1.165) is 12.8 Å². The monoisotopic (exact) mass is 197 g/mol. The fourth-order valence-corrected chi connectivity index (χ4v) is 2.78. The molecule has 3 fully saturated rings. The van der Waals surface area contributed by atoms with Crippen molar-refractivity contribution >= 4 is 11.9 Å². The summed E-state index contributed by atoms with van der Waals surface area (Å²) in [5.74, 6) is -0.787. The molecule has 0 aromatic heterocycles. The summed E-state index contributed by atoms with van der Waals surface area (Å²) in [7, 11) is 0. The van der Waals surface area contributed by atoms with Gasteiger partial charge in [-0.3, -0.25) is 9.59 Å². The molecular formula is C10H15NO3. The molecule has 2 aliphatic heterocycles. The first kappa shape index (κ1) is 9.49. The van der Waals surface area contributed by atoms with E-state index in [2.05, 4.69) is 12.2 Å². The van der Waals surface area contributed by atoms with Gasteiger partial charge >= 0.3 is 5.97 Å². The fourth-order valence-electron chi connectivity index (χ4n) is 2.78. The van der Waals surface area contributed by atoms with Gasteiger partial charge in [-0.05, 0) is 18.8 Å². The largest absolute Gasteiger partial charge is 0.481 e. The predicted molar refractivity (Wildman–Crippen MR) is 49.6 cm³/mol. The molecule has 4 unspecified atom stereocenters. The molecular weight excluding hydrogens is 182 g/mol. The summed E-state index contributed by atoms with van der Waals surface area (Å²) in [6.45, 7) is 2.05. The number of carbonyl (C=O) groups excluding carboxylic acids is 1. The Kier molecular flexibility index (Phi) is 2.21. The molecule has 3 aliphatic rings. The molecule has 78 valence electrons. The van der Waals surface area contributed by atoms with E-state index in [0.29, 0.717) is 12.3 Å². The molecule has 0 aromatic carbocycles. The lowest BCUT2D eigenvalue weighted by molar-refractivity contribution is -0.151. The Morgan fingerprint density at radius 2 is 2.29 bits per heavy atom. The van der Waals surface area contributed by atoms with Gasteiger partial charge in [-0.25, -0.2) is 0 Å². The van der Waals surface area contributed by atoms with Crippen LogP contribution in [0, 0.1) is 17.8 Å². The topological polar surface area (TPSA) is 66.4 Å². The van der Waals surface area contributed by atoms with Crippen LogP contribution in [-0.4, -0.2) is 23.0 Å². The van der Waals surface area contributed by atoms with Gasteiger partial charge in [0, 0.05) is 12.0 Å². The third-order valence-corrected chi connectivity index (χ3v) is 3.59. The number of carboxylic acids is 1. The Morgan fingerprint density at radius 3 is 2.79 bits per heavy atom. The third kappa shape index (κ3) is 1.29. The lowest BCUT2D eigenvalue weighted by Crippen LogP contribution is -2.60. The molecule has 2 N–H and O–H groups in total. The molecule has 1 amide bonds. The van der Waals surface area contributed by atoms with Gasteiger partial charge in [0.05, 0.1) is 5.92 Å². The van der Waals surface area contributed by atoms with Gasteiger partial charge in [0.25, 0.3) is 0 Å². The van der Waals surface area contributed by atoms with Gasteiger partial charge < -0.3 is 10.4 Å². The smallest absolute Gasteiger partial charge is 0.308 e. The van der Waals surface area contributed by atoms with E-state index in [1.807, 2.05) is 0 Å². The SMILES string of the molecule is CCC1CC2CC(C(=O)O)C1NC2=O. The Hall–Kier alpha value is -1.06. The van der Waals surface area contributed by atoms with Gasteiger partial charge in [-0.2, -0.15) is 0 Å². The lowest BCUT2D eigenvalue weighted by Gasteiger charge is -2.45. The zero-order valence-corrected chi connectivity index (χ0v) is 8.19. The Labute approximate surface area is 82.7 Å². The van der Waals surface area contributed by atoms with Crippen LogP contribution in [0.1, 0.15) is 26.2 Å². The molecule has 0 aromatic rings. The molecule has 1 aliphatic carbocycles. The Morgan fingerprint density at radius 1 is 1.57 bits per heavy atom. The zero-order chi connectivity index (χ0) is 10.3. The van der Waals surface area contributed by atoms with E-state index < -0.39 is 5.97 Å². The second-order valence-electron chi connectivity index (χ2n) is 4.32. The summed E-state index contributed by atoms with van der Waals surface area (Å²) >= 11 is 0. The second kappa shape index (κ2) is 3.26. The molecule has 2 heterocycles. The quantitative estimate of drug-likeness (QED) is 0.682. The highest BCUT2D eigenvalue weighted by atomic mass is 16.4. The van der Waals surface area contributed by atoms with Crippen molar-refractivity contribution in [3.8, 4) is 0 Å². The third-order valence-electron chi connectivity index (χ3n) is 3.59. The van der Waals surface area contributed by atoms with Crippen molar-refractivity contribution in [2.24, 2.45) is 17.8 Å². The Balaban J connectivity index is 2.20. The molecule has 0 radical (unpaired) electrons. The van der Waals surface area contributed by atoms with Crippen LogP contribution in [0.2, 0.25) is 0 Å². The number of fused-ring (bicyclic) bond motifs is 3. The van der Waals surface area contributed by atoms with Crippen LogP contribution in [0.15, 0.2) is 0 Å². The van der Waals surface area contributed by atoms with E-state index in [9.17, 15) is 9.59 Å². The average Bonchev–Trinajstić information content (AvgIpc) is 2.17. The Bertz CT molecular complexity index is 277. The van der Waals surface area contributed by atoms with Crippen molar-refractivity contribution in [1.29, 1.82) is 0 Å². The van der Waals surface area contributed by atoms with Gasteiger partial charge in [-0.1, -0.05) is 13.3 Å². The minimum absolute atomic E-state index is 0.0530. The van der Waals surface area contributed by atoms with E-state index in [1.165, 1.54) is 0 Å². The summed E-state index contributed by atoms with van der Waals surface area (Å²) in [6.07, 6.45) is 2.35. The number of piperidine rings is 2. The molecule has 14 heavy (non-hydrogen) atoms. The van der Waals surface area contributed by atoms with Crippen molar-refractivity contribution in [1.82, 2.24) is 5.32 Å². The molecule has 3 rings (SSSR count). The van der Waals surface area contributed by atoms with Crippen LogP contribution >= 0.6 is 0 Å². The number of hydrogen-bond donors (Lipinski definition) is 2. The highest BCUT2D eigenvalue weighted by molar-refractivity contribution is 5.84. The van der Waals surface area contributed by atoms with Crippen LogP contribution < -0.4 is 5.32 Å². The molecule has 1 saturated carbocycles. The standard InChI is InChI=1S/C10H15NO3/c1-2-5-3-6-4-7(10(13)14)8(5)11-9(6)12/h5-8H,2-4H2,1H3,(H,11,12)(H,13,14). The maximum absolute atomic E-state index is 11.4. The number of aliphatic carboxylic acids is 1. The van der Waals surface area contributed by atoms with Crippen molar-refractivity contribution < 1.29 is 14.7 Å². The molecule has 4 atom stereocenters. The lowest BCUT2D eigenvalue weighted by atomic mass is 9.67. The highest BCUT2D eigenvalue weighted by Crippen LogP contribution is 2.39. The summed E-state index contributed by atoms with van der Waals surface area (Å²) in [5.41, 5.74) is 0. The van der Waals surface area contributed by atoms with Crippen molar-refractivity contribution in [3.05, 3.63) is 0 Å². The van der Waals surface area contributed by atoms with Gasteiger partial charge in [0.2, 0.25) is 5.91 Å². The first-order valence-electron chi connectivity index (χ1n) is 5.16. The molecule has 2 saturated heterocycles. The average molecular weight is 197 g/mol. The van der Waals surface area contributed by atoms with Crippen LogP contribution in [0.3, 0.4) is 0 Å². The molecule has 0 spiro atoms. The van der Waals surface area contributed by atoms with E-state index in [1.54, 1.807) is 0 Å². The van der Waals surface area contributed by atoms with Crippen LogP contribution in [0.5, 0.6) is 0 Å². The molecule has 4 heteroatoms. The number of amides is 1. The summed E-state index contributed by atoms with van der Waals surface area (Å²) < 4.78 is 0. The van der Waals surface area contributed by atoms with E-state index in [-0.39, 0.29) is 23.8 Å². The summed E-state index contributed by atoms with van der Waals surface area (Å²) in [6, 6.07) is -0.130. The number of hydrogen-bond acceptors (Lipinski definition) is 2. The number of carboxylic acid groups (broad SMARTS) is 1. The minimum atomic E-state index is -0.766. The van der Waals surface area contributed by atoms with E-state index >= 15 is 0 Å². The first-order valence-corrected chi connectivity index (χ1v) is 5.16. The predicted octanol–water partition coefficient (Wildman–Crippen LogP) is 0.622. The summed E-state index contributed by atoms with van der Waals surface area (Å²) in [5, 5.41) is 11.8. The second-order valence-corrected chi connectivity index (χ2v) is 4.32. The maximum atomic E-state index is 11.4. The van der Waals surface area contributed by atoms with Crippen molar-refractivity contribution in [3.63, 3.8) is 0 Å². The molecule has 2 bridgehead atoms. The van der Waals surface area contributed by atoms with Crippen molar-refractivity contribution in [2.75, 3.05) is 0 Å². The number of rotatable bonds is 2. The zero-order valence-electron chi connectivity index (χ0n) is 8.19. The van der Waals surface area contributed by atoms with Gasteiger partial charge in [-0.15, -0.1) is 0 Å². The first-order chi connectivity index (χ1) is 6.63. The van der Waals surface area contributed by atoms with E-state index in [4.69, 9.17) is 5.11 Å². The van der Waals surface area contributed by atoms with Crippen LogP contribution in [-0.2, 0) is 9.59 Å². The number of carbonyl (C=O) groups is 2. The van der Waals surface area contributed by atoms with Crippen LogP contribution in [0.25, 0.3) is 0 Å². The van der Waals surface area contributed by atoms with Crippen molar-refractivity contribution in [2.45, 2.75) is 32.2 Å². The maximum Gasteiger partial charge on any atom is 0.308 e.